The molecule has 4 rings (SSSR count). The average Bonchev–Trinajstić information content (AvgIpc) is 3.50. The van der Waals surface area contributed by atoms with Crippen molar-refractivity contribution >= 4 is 29.0 Å². The number of thioether (sulfide) groups is 1. The molecule has 0 spiro atoms. The van der Waals surface area contributed by atoms with Crippen molar-refractivity contribution in [1.82, 2.24) is 20.1 Å². The van der Waals surface area contributed by atoms with Crippen LogP contribution < -0.4 is 5.32 Å². The largest absolute Gasteiger partial charge is 0.376 e. The number of nitrogens with one attached hydrogen (secondary N) is 1. The summed E-state index contributed by atoms with van der Waals surface area (Å²) in [6.07, 6.45) is 9.24. The lowest BCUT2D eigenvalue weighted by Crippen LogP contribution is -2.36. The number of carbonyl (C=O) groups is 1. The first-order valence-corrected chi connectivity index (χ1v) is 12.5. The highest BCUT2D eigenvalue weighted by Crippen LogP contribution is 2.34. The Kier molecular flexibility index (Phi) is 7.26. The second kappa shape index (κ2) is 10.1. The van der Waals surface area contributed by atoms with Crippen molar-refractivity contribution in [3.8, 4) is 0 Å². The van der Waals surface area contributed by atoms with E-state index >= 15 is 0 Å². The zero-order chi connectivity index (χ0) is 20.1. The van der Waals surface area contributed by atoms with Gasteiger partial charge in [-0.15, -0.1) is 21.5 Å². The molecule has 1 aliphatic carbocycles. The van der Waals surface area contributed by atoms with Crippen LogP contribution in [-0.4, -0.2) is 45.2 Å². The van der Waals surface area contributed by atoms with Crippen LogP contribution in [0.25, 0.3) is 0 Å². The molecule has 1 saturated carbocycles. The SMILES string of the molecule is C[C@@H](Sc1nnc(Cc2cccs2)n1C1CCCCC1)C(=O)NC[C@H]1CCCO1. The summed E-state index contributed by atoms with van der Waals surface area (Å²) in [5.41, 5.74) is 0. The molecule has 3 heterocycles. The van der Waals surface area contributed by atoms with Crippen molar-refractivity contribution < 1.29 is 9.53 Å². The summed E-state index contributed by atoms with van der Waals surface area (Å²) in [4.78, 5) is 13.9. The van der Waals surface area contributed by atoms with E-state index in [1.165, 1.54) is 48.7 Å². The van der Waals surface area contributed by atoms with E-state index in [0.717, 1.165) is 36.9 Å². The summed E-state index contributed by atoms with van der Waals surface area (Å²) >= 11 is 3.28. The number of carbonyl (C=O) groups excluding carboxylic acids is 1. The Hall–Kier alpha value is -1.38. The Balaban J connectivity index is 1.45. The molecule has 1 saturated heterocycles. The fourth-order valence-corrected chi connectivity index (χ4v) is 5.82. The first-order valence-electron chi connectivity index (χ1n) is 10.7. The van der Waals surface area contributed by atoms with E-state index in [0.29, 0.717) is 12.6 Å². The quantitative estimate of drug-likeness (QED) is 0.630. The Labute approximate surface area is 180 Å². The summed E-state index contributed by atoms with van der Waals surface area (Å²) in [7, 11) is 0. The molecule has 2 aliphatic rings. The van der Waals surface area contributed by atoms with Crippen molar-refractivity contribution in [2.45, 2.75) is 80.8 Å². The van der Waals surface area contributed by atoms with Crippen molar-refractivity contribution in [1.29, 1.82) is 0 Å². The molecule has 0 bridgehead atoms. The molecule has 0 radical (unpaired) electrons. The van der Waals surface area contributed by atoms with Crippen LogP contribution in [-0.2, 0) is 16.0 Å². The van der Waals surface area contributed by atoms with Gasteiger partial charge in [-0.05, 0) is 44.1 Å². The van der Waals surface area contributed by atoms with Gasteiger partial charge in [-0.2, -0.15) is 0 Å². The van der Waals surface area contributed by atoms with Gasteiger partial charge in [0.25, 0.3) is 0 Å². The molecule has 158 valence electrons. The highest BCUT2D eigenvalue weighted by Gasteiger charge is 2.26. The normalized spacial score (nSPS) is 21.3. The molecule has 1 aliphatic heterocycles. The average molecular weight is 435 g/mol. The molecule has 1 amide bonds. The number of rotatable bonds is 8. The van der Waals surface area contributed by atoms with Crippen LogP contribution in [0.1, 0.15) is 68.6 Å². The third-order valence-electron chi connectivity index (χ3n) is 5.77. The topological polar surface area (TPSA) is 69.0 Å². The monoisotopic (exact) mass is 434 g/mol. The minimum Gasteiger partial charge on any atom is -0.376 e. The van der Waals surface area contributed by atoms with Gasteiger partial charge in [-0.1, -0.05) is 37.1 Å². The molecule has 1 N–H and O–H groups in total. The van der Waals surface area contributed by atoms with Crippen LogP contribution in [0.5, 0.6) is 0 Å². The second-order valence-corrected chi connectivity index (χ2v) is 10.3. The number of ether oxygens (including phenoxy) is 1. The summed E-state index contributed by atoms with van der Waals surface area (Å²) in [5.74, 6) is 1.07. The Bertz CT molecular complexity index is 781. The van der Waals surface area contributed by atoms with Crippen molar-refractivity contribution in [2.75, 3.05) is 13.2 Å². The van der Waals surface area contributed by atoms with E-state index in [1.54, 1.807) is 11.3 Å². The summed E-state index contributed by atoms with van der Waals surface area (Å²) in [6.45, 7) is 3.36. The molecule has 0 unspecified atom stereocenters. The number of hydrogen-bond acceptors (Lipinski definition) is 6. The van der Waals surface area contributed by atoms with E-state index < -0.39 is 0 Å². The smallest absolute Gasteiger partial charge is 0.233 e. The molecular weight excluding hydrogens is 404 g/mol. The fourth-order valence-electron chi connectivity index (χ4n) is 4.16. The van der Waals surface area contributed by atoms with Gasteiger partial charge < -0.3 is 14.6 Å². The molecule has 2 aromatic rings. The second-order valence-electron chi connectivity index (χ2n) is 7.96. The standard InChI is InChI=1S/C21H30N4O2S2/c1-15(20(26)22-14-17-9-5-11-27-17)29-21-24-23-19(13-18-10-6-12-28-18)25(21)16-7-3-2-4-8-16/h6,10,12,15-17H,2-5,7-9,11,13-14H2,1H3,(H,22,26)/t15-,17-/m1/s1. The third-order valence-corrected chi connectivity index (χ3v) is 7.70. The Morgan fingerprint density at radius 1 is 1.31 bits per heavy atom. The molecule has 6 nitrogen and oxygen atoms in total. The van der Waals surface area contributed by atoms with E-state index in [-0.39, 0.29) is 17.3 Å². The highest BCUT2D eigenvalue weighted by molar-refractivity contribution is 8.00. The molecule has 8 heteroatoms. The van der Waals surface area contributed by atoms with E-state index in [4.69, 9.17) is 4.74 Å². The maximum atomic E-state index is 12.6. The van der Waals surface area contributed by atoms with Gasteiger partial charge in [0, 0.05) is 30.5 Å². The highest BCUT2D eigenvalue weighted by atomic mass is 32.2. The zero-order valence-electron chi connectivity index (χ0n) is 17.0. The molecule has 2 fully saturated rings. The zero-order valence-corrected chi connectivity index (χ0v) is 18.6. The molecule has 2 aromatic heterocycles. The Morgan fingerprint density at radius 2 is 2.17 bits per heavy atom. The van der Waals surface area contributed by atoms with Crippen molar-refractivity contribution in [3.05, 3.63) is 28.2 Å². The van der Waals surface area contributed by atoms with Crippen molar-refractivity contribution in [3.63, 3.8) is 0 Å². The van der Waals surface area contributed by atoms with Crippen LogP contribution in [0.2, 0.25) is 0 Å². The lowest BCUT2D eigenvalue weighted by Gasteiger charge is -2.26. The molecular formula is C21H30N4O2S2. The fraction of sp³-hybridized carbons (Fsp3) is 0.667. The lowest BCUT2D eigenvalue weighted by atomic mass is 9.95. The Morgan fingerprint density at radius 3 is 2.90 bits per heavy atom. The van der Waals surface area contributed by atoms with Crippen LogP contribution in [0.3, 0.4) is 0 Å². The lowest BCUT2D eigenvalue weighted by molar-refractivity contribution is -0.120. The number of hydrogen-bond donors (Lipinski definition) is 1. The summed E-state index contributed by atoms with van der Waals surface area (Å²) < 4.78 is 7.93. The predicted molar refractivity (Wildman–Crippen MR) is 117 cm³/mol. The van der Waals surface area contributed by atoms with Gasteiger partial charge in [-0.25, -0.2) is 0 Å². The summed E-state index contributed by atoms with van der Waals surface area (Å²) in [5, 5.41) is 14.9. The minimum atomic E-state index is -0.211. The van der Waals surface area contributed by atoms with E-state index in [9.17, 15) is 4.79 Å². The number of aromatic nitrogens is 3. The van der Waals surface area contributed by atoms with Gasteiger partial charge in [0.1, 0.15) is 5.82 Å². The first-order chi connectivity index (χ1) is 14.2. The number of thiophene rings is 1. The van der Waals surface area contributed by atoms with Crippen LogP contribution in [0.15, 0.2) is 22.7 Å². The van der Waals surface area contributed by atoms with Gasteiger partial charge in [-0.3, -0.25) is 4.79 Å². The summed E-state index contributed by atoms with van der Waals surface area (Å²) in [6, 6.07) is 4.68. The van der Waals surface area contributed by atoms with E-state index in [2.05, 4.69) is 37.6 Å². The van der Waals surface area contributed by atoms with Gasteiger partial charge >= 0.3 is 0 Å². The molecule has 2 atom stereocenters. The van der Waals surface area contributed by atoms with Gasteiger partial charge in [0.15, 0.2) is 5.16 Å². The number of amides is 1. The van der Waals surface area contributed by atoms with Crippen LogP contribution >= 0.6 is 23.1 Å². The van der Waals surface area contributed by atoms with Gasteiger partial charge in [0.05, 0.1) is 11.4 Å². The number of nitrogens with zero attached hydrogens (tertiary/aromatic N) is 3. The predicted octanol–water partition coefficient (Wildman–Crippen LogP) is 4.21. The van der Waals surface area contributed by atoms with Crippen molar-refractivity contribution in [2.24, 2.45) is 0 Å². The van der Waals surface area contributed by atoms with Crippen LogP contribution in [0.4, 0.5) is 0 Å². The molecule has 29 heavy (non-hydrogen) atoms. The third kappa shape index (κ3) is 5.41. The maximum absolute atomic E-state index is 12.6. The van der Waals surface area contributed by atoms with Crippen LogP contribution in [0, 0.1) is 0 Å². The minimum absolute atomic E-state index is 0.0449. The maximum Gasteiger partial charge on any atom is 0.233 e. The van der Waals surface area contributed by atoms with E-state index in [1.807, 2.05) is 6.92 Å². The van der Waals surface area contributed by atoms with Gasteiger partial charge in [0.2, 0.25) is 5.91 Å². The first kappa shape index (κ1) is 20.9. The molecule has 0 aromatic carbocycles.